The second-order valence-electron chi connectivity index (χ2n) is 4.32. The normalized spacial score (nSPS) is 11.2. The molecule has 1 N–H and O–H groups in total. The van der Waals surface area contributed by atoms with Crippen molar-refractivity contribution in [2.75, 3.05) is 0 Å². The third-order valence-corrected chi connectivity index (χ3v) is 2.92. The maximum absolute atomic E-state index is 10.7. The Morgan fingerprint density at radius 1 is 1.10 bits per heavy atom. The molecule has 3 aromatic rings. The average Bonchev–Trinajstić information content (AvgIpc) is 2.88. The molecule has 0 aliphatic rings. The molecule has 1 heterocycles. The lowest BCUT2D eigenvalue weighted by molar-refractivity contribution is -0.384. The van der Waals surface area contributed by atoms with E-state index in [0.29, 0.717) is 0 Å². The predicted molar refractivity (Wildman–Crippen MR) is 78.1 cm³/mol. The van der Waals surface area contributed by atoms with E-state index in [1.54, 1.807) is 18.2 Å². The van der Waals surface area contributed by atoms with Crippen molar-refractivity contribution in [3.63, 3.8) is 0 Å². The zero-order chi connectivity index (χ0) is 13.9. The van der Waals surface area contributed by atoms with Crippen LogP contribution in [0.1, 0.15) is 11.4 Å². The van der Waals surface area contributed by atoms with Crippen LogP contribution in [0.2, 0.25) is 0 Å². The Morgan fingerprint density at radius 2 is 1.95 bits per heavy atom. The van der Waals surface area contributed by atoms with Crippen LogP contribution >= 0.6 is 0 Å². The van der Waals surface area contributed by atoms with Gasteiger partial charge in [0.1, 0.15) is 5.82 Å². The van der Waals surface area contributed by atoms with Crippen LogP contribution < -0.4 is 0 Å². The fourth-order valence-electron chi connectivity index (χ4n) is 1.97. The molecule has 0 aliphatic carbocycles. The fourth-order valence-corrected chi connectivity index (χ4v) is 1.97. The van der Waals surface area contributed by atoms with Crippen LogP contribution in [0.25, 0.3) is 23.2 Å². The number of rotatable bonds is 3. The van der Waals surface area contributed by atoms with Gasteiger partial charge in [0.05, 0.1) is 16.0 Å². The lowest BCUT2D eigenvalue weighted by Gasteiger charge is -1.93. The van der Waals surface area contributed by atoms with Crippen molar-refractivity contribution < 1.29 is 4.92 Å². The maximum atomic E-state index is 10.7. The highest BCUT2D eigenvalue weighted by molar-refractivity contribution is 5.78. The predicted octanol–water partition coefficient (Wildman–Crippen LogP) is 3.64. The van der Waals surface area contributed by atoms with Crippen LogP contribution in [-0.2, 0) is 0 Å². The van der Waals surface area contributed by atoms with Gasteiger partial charge in [-0.25, -0.2) is 4.98 Å². The van der Waals surface area contributed by atoms with Crippen LogP contribution in [0.15, 0.2) is 48.5 Å². The first-order valence-electron chi connectivity index (χ1n) is 6.10. The number of nitro benzene ring substituents is 1. The summed E-state index contributed by atoms with van der Waals surface area (Å²) in [6, 6.07) is 14.2. The fraction of sp³-hybridized carbons (Fsp3) is 0. The first-order valence-corrected chi connectivity index (χ1v) is 6.10. The molecule has 0 saturated heterocycles. The van der Waals surface area contributed by atoms with Crippen molar-refractivity contribution in [2.45, 2.75) is 0 Å². The topological polar surface area (TPSA) is 71.8 Å². The molecule has 2 aromatic carbocycles. The van der Waals surface area contributed by atoms with Gasteiger partial charge >= 0.3 is 0 Å². The van der Waals surface area contributed by atoms with Gasteiger partial charge in [-0.1, -0.05) is 30.3 Å². The summed E-state index contributed by atoms with van der Waals surface area (Å²) in [6.07, 6.45) is 3.60. The molecule has 20 heavy (non-hydrogen) atoms. The highest BCUT2D eigenvalue weighted by Gasteiger charge is 2.04. The Labute approximate surface area is 114 Å². The second-order valence-corrected chi connectivity index (χ2v) is 4.32. The molecule has 98 valence electrons. The molecule has 0 atom stereocenters. The SMILES string of the molecule is O=[N+]([O-])c1cccc(C=Cc2nc3ccccc3[nH]2)c1. The van der Waals surface area contributed by atoms with Crippen LogP contribution in [0.5, 0.6) is 0 Å². The zero-order valence-electron chi connectivity index (χ0n) is 10.5. The molecule has 3 rings (SSSR count). The van der Waals surface area contributed by atoms with Crippen molar-refractivity contribution in [1.29, 1.82) is 0 Å². The van der Waals surface area contributed by atoms with E-state index in [1.807, 2.05) is 30.3 Å². The van der Waals surface area contributed by atoms with Crippen LogP contribution in [0.3, 0.4) is 0 Å². The van der Waals surface area contributed by atoms with Gasteiger partial charge in [-0.2, -0.15) is 0 Å². The Morgan fingerprint density at radius 3 is 2.75 bits per heavy atom. The quantitative estimate of drug-likeness (QED) is 0.580. The summed E-state index contributed by atoms with van der Waals surface area (Å²) >= 11 is 0. The molecule has 0 amide bonds. The minimum atomic E-state index is -0.404. The number of nitrogens with one attached hydrogen (secondary N) is 1. The van der Waals surface area contributed by atoms with Crippen molar-refractivity contribution >= 4 is 28.9 Å². The number of aromatic nitrogens is 2. The van der Waals surface area contributed by atoms with Crippen molar-refractivity contribution in [3.05, 3.63) is 70.0 Å². The van der Waals surface area contributed by atoms with Crippen molar-refractivity contribution in [2.24, 2.45) is 0 Å². The van der Waals surface area contributed by atoms with Gasteiger partial charge in [0, 0.05) is 12.1 Å². The number of nitrogens with zero attached hydrogens (tertiary/aromatic N) is 2. The number of aromatic amines is 1. The molecule has 5 nitrogen and oxygen atoms in total. The van der Waals surface area contributed by atoms with Crippen molar-refractivity contribution in [1.82, 2.24) is 9.97 Å². The number of fused-ring (bicyclic) bond motifs is 1. The Hall–Kier alpha value is -2.95. The molecule has 1 aromatic heterocycles. The van der Waals surface area contributed by atoms with E-state index in [4.69, 9.17) is 0 Å². The van der Waals surface area contributed by atoms with Gasteiger partial charge in [-0.3, -0.25) is 10.1 Å². The summed E-state index contributed by atoms with van der Waals surface area (Å²) in [5.74, 6) is 0.720. The average molecular weight is 265 g/mol. The minimum Gasteiger partial charge on any atom is -0.338 e. The molecule has 0 fully saturated rings. The van der Waals surface area contributed by atoms with Gasteiger partial charge < -0.3 is 4.98 Å². The van der Waals surface area contributed by atoms with Crippen LogP contribution in [-0.4, -0.2) is 14.9 Å². The number of benzene rings is 2. The molecule has 0 spiro atoms. The Bertz CT molecular complexity index is 772. The van der Waals surface area contributed by atoms with E-state index in [9.17, 15) is 10.1 Å². The standard InChI is InChI=1S/C15H11N3O2/c19-18(20)12-5-3-4-11(10-12)8-9-15-16-13-6-1-2-7-14(13)17-15/h1-10H,(H,16,17). The van der Waals surface area contributed by atoms with E-state index in [2.05, 4.69) is 9.97 Å². The summed E-state index contributed by atoms with van der Waals surface area (Å²) < 4.78 is 0. The lowest BCUT2D eigenvalue weighted by Crippen LogP contribution is -1.87. The smallest absolute Gasteiger partial charge is 0.270 e. The van der Waals surface area contributed by atoms with Crippen molar-refractivity contribution in [3.8, 4) is 0 Å². The van der Waals surface area contributed by atoms with E-state index in [-0.39, 0.29) is 5.69 Å². The number of para-hydroxylation sites is 2. The molecule has 0 saturated carbocycles. The highest BCUT2D eigenvalue weighted by atomic mass is 16.6. The summed E-state index contributed by atoms with van der Waals surface area (Å²) in [4.78, 5) is 17.9. The molecule has 0 aliphatic heterocycles. The highest BCUT2D eigenvalue weighted by Crippen LogP contribution is 2.16. The number of hydrogen-bond donors (Lipinski definition) is 1. The van der Waals surface area contributed by atoms with Gasteiger partial charge in [-0.15, -0.1) is 0 Å². The first kappa shape index (κ1) is 12.1. The summed E-state index contributed by atoms with van der Waals surface area (Å²) in [6.45, 7) is 0. The van der Waals surface area contributed by atoms with Gasteiger partial charge in [0.15, 0.2) is 0 Å². The molecule has 0 radical (unpaired) electrons. The van der Waals surface area contributed by atoms with E-state index in [1.165, 1.54) is 12.1 Å². The zero-order valence-corrected chi connectivity index (χ0v) is 10.5. The Kier molecular flexibility index (Phi) is 3.01. The van der Waals surface area contributed by atoms with Crippen LogP contribution in [0.4, 0.5) is 5.69 Å². The monoisotopic (exact) mass is 265 g/mol. The molecular weight excluding hydrogens is 254 g/mol. The number of non-ortho nitro benzene ring substituents is 1. The van der Waals surface area contributed by atoms with Gasteiger partial charge in [0.25, 0.3) is 5.69 Å². The summed E-state index contributed by atoms with van der Waals surface area (Å²) in [5, 5.41) is 10.7. The van der Waals surface area contributed by atoms with Crippen LogP contribution in [0, 0.1) is 10.1 Å². The molecule has 5 heteroatoms. The van der Waals surface area contributed by atoms with E-state index in [0.717, 1.165) is 22.4 Å². The lowest BCUT2D eigenvalue weighted by atomic mass is 10.2. The van der Waals surface area contributed by atoms with E-state index >= 15 is 0 Å². The largest absolute Gasteiger partial charge is 0.338 e. The first-order chi connectivity index (χ1) is 9.72. The summed E-state index contributed by atoms with van der Waals surface area (Å²) in [5.41, 5.74) is 2.70. The summed E-state index contributed by atoms with van der Waals surface area (Å²) in [7, 11) is 0. The van der Waals surface area contributed by atoms with Gasteiger partial charge in [-0.05, 0) is 23.8 Å². The van der Waals surface area contributed by atoms with E-state index < -0.39 is 4.92 Å². The third-order valence-electron chi connectivity index (χ3n) is 2.92. The molecular formula is C15H11N3O2. The number of imidazole rings is 1. The molecule has 0 bridgehead atoms. The maximum Gasteiger partial charge on any atom is 0.270 e. The Balaban J connectivity index is 1.89. The number of nitro groups is 1. The van der Waals surface area contributed by atoms with Gasteiger partial charge in [0.2, 0.25) is 0 Å². The molecule has 0 unspecified atom stereocenters. The minimum absolute atomic E-state index is 0.0803. The second kappa shape index (κ2) is 4.97. The number of hydrogen-bond acceptors (Lipinski definition) is 3. The third kappa shape index (κ3) is 2.42. The number of H-pyrrole nitrogens is 1.